The van der Waals surface area contributed by atoms with Gasteiger partial charge in [0.05, 0.1) is 17.2 Å². The average molecular weight is 255 g/mol. The first-order chi connectivity index (χ1) is 9.15. The number of pyridine rings is 1. The third-order valence-corrected chi connectivity index (χ3v) is 2.87. The summed E-state index contributed by atoms with van der Waals surface area (Å²) in [4.78, 5) is 27.0. The zero-order valence-corrected chi connectivity index (χ0v) is 9.79. The summed E-state index contributed by atoms with van der Waals surface area (Å²) in [5, 5.41) is 9.53. The number of nitrogens with zero attached hydrogens (tertiary/aromatic N) is 1. The normalized spacial score (nSPS) is 10.9. The van der Waals surface area contributed by atoms with Crippen molar-refractivity contribution in [2.45, 2.75) is 6.42 Å². The van der Waals surface area contributed by atoms with Crippen molar-refractivity contribution in [1.82, 2.24) is 4.98 Å². The van der Waals surface area contributed by atoms with Crippen molar-refractivity contribution in [3.8, 4) is 0 Å². The molecule has 2 heterocycles. The quantitative estimate of drug-likeness (QED) is 0.708. The van der Waals surface area contributed by atoms with Gasteiger partial charge in [-0.15, -0.1) is 0 Å². The number of rotatable bonds is 2. The maximum atomic E-state index is 12.3. The Morgan fingerprint density at radius 3 is 2.89 bits per heavy atom. The lowest BCUT2D eigenvalue weighted by Crippen LogP contribution is -2.05. The zero-order valence-electron chi connectivity index (χ0n) is 9.79. The molecule has 5 heteroatoms. The monoisotopic (exact) mass is 255 g/mol. The first-order valence-electron chi connectivity index (χ1n) is 5.67. The summed E-state index contributed by atoms with van der Waals surface area (Å²) in [5.41, 5.74) is 1.06. The number of carboxylic acids is 1. The van der Waals surface area contributed by atoms with Gasteiger partial charge in [-0.1, -0.05) is 6.07 Å². The molecule has 0 spiro atoms. The molecule has 1 aromatic carbocycles. The molecule has 0 fully saturated rings. The summed E-state index contributed by atoms with van der Waals surface area (Å²) in [6, 6.07) is 8.09. The van der Waals surface area contributed by atoms with Gasteiger partial charge in [0, 0.05) is 6.20 Å². The predicted molar refractivity (Wildman–Crippen MR) is 69.1 cm³/mol. The van der Waals surface area contributed by atoms with Crippen LogP contribution in [0.2, 0.25) is 0 Å². The second-order valence-electron chi connectivity index (χ2n) is 4.19. The van der Waals surface area contributed by atoms with Gasteiger partial charge in [-0.05, 0) is 29.8 Å². The van der Waals surface area contributed by atoms with Crippen LogP contribution in [0.15, 0.2) is 45.7 Å². The molecule has 0 unspecified atom stereocenters. The van der Waals surface area contributed by atoms with Crippen molar-refractivity contribution in [1.29, 1.82) is 0 Å². The van der Waals surface area contributed by atoms with E-state index >= 15 is 0 Å². The molecule has 0 aliphatic carbocycles. The lowest BCUT2D eigenvalue weighted by molar-refractivity contribution is -0.136. The molecule has 2 aromatic heterocycles. The van der Waals surface area contributed by atoms with E-state index < -0.39 is 5.97 Å². The number of aliphatic carboxylic acids is 1. The van der Waals surface area contributed by atoms with Crippen molar-refractivity contribution in [2.24, 2.45) is 0 Å². The summed E-state index contributed by atoms with van der Waals surface area (Å²) in [7, 11) is 0. The molecule has 0 saturated carbocycles. The highest BCUT2D eigenvalue weighted by Crippen LogP contribution is 2.18. The molecular formula is C14H9NO4. The van der Waals surface area contributed by atoms with Gasteiger partial charge in [0.2, 0.25) is 11.1 Å². The summed E-state index contributed by atoms with van der Waals surface area (Å²) >= 11 is 0. The molecule has 0 atom stereocenters. The van der Waals surface area contributed by atoms with E-state index in [4.69, 9.17) is 9.52 Å². The fourth-order valence-corrected chi connectivity index (χ4v) is 2.02. The molecule has 3 rings (SSSR count). The maximum Gasteiger partial charge on any atom is 0.307 e. The van der Waals surface area contributed by atoms with E-state index in [9.17, 15) is 9.59 Å². The van der Waals surface area contributed by atoms with Gasteiger partial charge in [-0.2, -0.15) is 0 Å². The molecule has 19 heavy (non-hydrogen) atoms. The first-order valence-corrected chi connectivity index (χ1v) is 5.67. The average Bonchev–Trinajstić information content (AvgIpc) is 2.39. The number of hydrogen-bond donors (Lipinski definition) is 1. The van der Waals surface area contributed by atoms with Crippen molar-refractivity contribution < 1.29 is 14.3 Å². The van der Waals surface area contributed by atoms with Crippen LogP contribution in [-0.2, 0) is 11.2 Å². The van der Waals surface area contributed by atoms with E-state index in [0.717, 1.165) is 0 Å². The summed E-state index contributed by atoms with van der Waals surface area (Å²) in [5.74, 6) is -0.939. The zero-order chi connectivity index (χ0) is 13.4. The highest BCUT2D eigenvalue weighted by Gasteiger charge is 2.09. The molecule has 0 radical (unpaired) electrons. The van der Waals surface area contributed by atoms with Crippen LogP contribution in [0, 0.1) is 0 Å². The molecule has 3 aromatic rings. The number of fused-ring (bicyclic) bond motifs is 2. The van der Waals surface area contributed by atoms with E-state index in [1.165, 1.54) is 0 Å². The predicted octanol–water partition coefficient (Wildman–Crippen LogP) is 1.97. The fraction of sp³-hybridized carbons (Fsp3) is 0.0714. The van der Waals surface area contributed by atoms with Crippen LogP contribution in [0.25, 0.3) is 22.1 Å². The van der Waals surface area contributed by atoms with Gasteiger partial charge in [0.1, 0.15) is 5.58 Å². The molecule has 94 valence electrons. The van der Waals surface area contributed by atoms with Crippen LogP contribution < -0.4 is 5.43 Å². The minimum atomic E-state index is -0.939. The maximum absolute atomic E-state index is 12.3. The minimum absolute atomic E-state index is 0.125. The fourth-order valence-electron chi connectivity index (χ4n) is 2.02. The van der Waals surface area contributed by atoms with Gasteiger partial charge < -0.3 is 9.52 Å². The Kier molecular flexibility index (Phi) is 2.52. The van der Waals surface area contributed by atoms with Crippen LogP contribution in [0.5, 0.6) is 0 Å². The summed E-state index contributed by atoms with van der Waals surface area (Å²) < 4.78 is 5.53. The third kappa shape index (κ3) is 1.95. The van der Waals surface area contributed by atoms with Crippen LogP contribution in [0.3, 0.4) is 0 Å². The largest absolute Gasteiger partial charge is 0.481 e. The van der Waals surface area contributed by atoms with E-state index in [1.54, 1.807) is 36.5 Å². The van der Waals surface area contributed by atoms with Gasteiger partial charge in [0.25, 0.3) is 0 Å². The highest BCUT2D eigenvalue weighted by atomic mass is 16.4. The van der Waals surface area contributed by atoms with E-state index in [-0.39, 0.29) is 17.6 Å². The second kappa shape index (κ2) is 4.20. The van der Waals surface area contributed by atoms with Crippen LogP contribution in [0.4, 0.5) is 0 Å². The van der Waals surface area contributed by atoms with E-state index in [1.807, 2.05) is 0 Å². The molecule has 0 bridgehead atoms. The minimum Gasteiger partial charge on any atom is -0.481 e. The van der Waals surface area contributed by atoms with Crippen molar-refractivity contribution in [3.63, 3.8) is 0 Å². The topological polar surface area (TPSA) is 80.4 Å². The first kappa shape index (κ1) is 11.4. The molecule has 0 amide bonds. The lowest BCUT2D eigenvalue weighted by Gasteiger charge is -2.02. The van der Waals surface area contributed by atoms with Crippen LogP contribution >= 0.6 is 0 Å². The third-order valence-electron chi connectivity index (χ3n) is 2.87. The molecule has 1 N–H and O–H groups in total. The summed E-state index contributed by atoms with van der Waals surface area (Å²) in [6.07, 6.45) is 1.43. The van der Waals surface area contributed by atoms with Gasteiger partial charge in [0.15, 0.2) is 0 Å². The molecule has 0 aliphatic heterocycles. The number of benzene rings is 1. The smallest absolute Gasteiger partial charge is 0.307 e. The Morgan fingerprint density at radius 2 is 2.11 bits per heavy atom. The Morgan fingerprint density at radius 1 is 1.26 bits per heavy atom. The Labute approximate surface area is 107 Å². The van der Waals surface area contributed by atoms with Crippen LogP contribution in [-0.4, -0.2) is 16.1 Å². The Balaban J connectivity index is 2.33. The van der Waals surface area contributed by atoms with Gasteiger partial charge >= 0.3 is 5.97 Å². The van der Waals surface area contributed by atoms with E-state index in [2.05, 4.69) is 4.98 Å². The number of hydrogen-bond acceptors (Lipinski definition) is 4. The number of carboxylic acid groups (broad SMARTS) is 1. The van der Waals surface area contributed by atoms with Gasteiger partial charge in [-0.25, -0.2) is 4.98 Å². The van der Waals surface area contributed by atoms with Crippen molar-refractivity contribution >= 4 is 28.0 Å². The Bertz CT molecular complexity index is 851. The molecule has 0 aliphatic rings. The Hall–Kier alpha value is -2.69. The van der Waals surface area contributed by atoms with Crippen molar-refractivity contribution in [2.75, 3.05) is 0 Å². The number of aromatic nitrogens is 1. The highest BCUT2D eigenvalue weighted by molar-refractivity contribution is 5.88. The molecule has 0 saturated heterocycles. The SMILES string of the molecule is O=C(O)Cc1ccc2oc3ncccc3c(=O)c2c1. The van der Waals surface area contributed by atoms with Crippen molar-refractivity contribution in [3.05, 3.63) is 52.3 Å². The second-order valence-corrected chi connectivity index (χ2v) is 4.19. The van der Waals surface area contributed by atoms with Crippen LogP contribution in [0.1, 0.15) is 5.56 Å². The molecule has 5 nitrogen and oxygen atoms in total. The molecular weight excluding hydrogens is 246 g/mol. The van der Waals surface area contributed by atoms with Gasteiger partial charge in [-0.3, -0.25) is 9.59 Å². The number of carbonyl (C=O) groups is 1. The standard InChI is InChI=1S/C14H9NO4/c16-12(17)7-8-3-4-11-10(6-8)13(18)9-2-1-5-15-14(9)19-11/h1-6H,7H2,(H,16,17). The lowest BCUT2D eigenvalue weighted by atomic mass is 10.1. The van der Waals surface area contributed by atoms with E-state index in [0.29, 0.717) is 21.9 Å². The summed E-state index contributed by atoms with van der Waals surface area (Å²) in [6.45, 7) is 0.